The molecule has 0 aromatic heterocycles. The van der Waals surface area contributed by atoms with Crippen molar-refractivity contribution in [2.45, 2.75) is 83.8 Å². The third kappa shape index (κ3) is 2.80. The number of rotatable bonds is 4. The zero-order chi connectivity index (χ0) is 16.6. The molecule has 0 aliphatic heterocycles. The molecule has 2 saturated carbocycles. The van der Waals surface area contributed by atoms with E-state index in [1.807, 2.05) is 0 Å². The number of hydrogen-bond donors (Lipinski definition) is 2. The first-order chi connectivity index (χ1) is 10.2. The molecule has 0 heterocycles. The fourth-order valence-electron chi connectivity index (χ4n) is 4.47. The average molecular weight is 312 g/mol. The van der Waals surface area contributed by atoms with E-state index in [1.54, 1.807) is 20.8 Å². The fraction of sp³-hybridized carbons (Fsp3) is 0.944. The van der Waals surface area contributed by atoms with E-state index in [2.05, 4.69) is 6.92 Å². The maximum Gasteiger partial charge on any atom is 0.314 e. The minimum atomic E-state index is -1.13. The highest BCUT2D eigenvalue weighted by atomic mass is 16.5. The molecule has 0 radical (unpaired) electrons. The summed E-state index contributed by atoms with van der Waals surface area (Å²) in [7, 11) is 0. The summed E-state index contributed by atoms with van der Waals surface area (Å²) in [6, 6.07) is 0. The minimum absolute atomic E-state index is 0.0625. The molecule has 2 rings (SSSR count). The molecule has 4 nitrogen and oxygen atoms in total. The monoisotopic (exact) mass is 312 g/mol. The van der Waals surface area contributed by atoms with Gasteiger partial charge in [0.2, 0.25) is 0 Å². The molecule has 0 spiro atoms. The largest absolute Gasteiger partial charge is 0.465 e. The van der Waals surface area contributed by atoms with Crippen LogP contribution in [0.5, 0.6) is 0 Å². The van der Waals surface area contributed by atoms with Crippen molar-refractivity contribution in [1.29, 1.82) is 0 Å². The summed E-state index contributed by atoms with van der Waals surface area (Å²) in [5.74, 6) is -0.120. The van der Waals surface area contributed by atoms with Gasteiger partial charge in [0.05, 0.1) is 23.2 Å². The third-order valence-corrected chi connectivity index (χ3v) is 6.64. The van der Waals surface area contributed by atoms with E-state index < -0.39 is 16.6 Å². The first kappa shape index (κ1) is 17.7. The van der Waals surface area contributed by atoms with Crippen molar-refractivity contribution in [3.05, 3.63) is 0 Å². The Hall–Kier alpha value is -0.610. The summed E-state index contributed by atoms with van der Waals surface area (Å²) in [5, 5.41) is 22.1. The van der Waals surface area contributed by atoms with Gasteiger partial charge in [0.15, 0.2) is 0 Å². The van der Waals surface area contributed by atoms with E-state index >= 15 is 0 Å². The van der Waals surface area contributed by atoms with Gasteiger partial charge in [-0.2, -0.15) is 0 Å². The van der Waals surface area contributed by atoms with E-state index in [0.717, 1.165) is 25.7 Å². The van der Waals surface area contributed by atoms with E-state index in [9.17, 15) is 15.0 Å². The van der Waals surface area contributed by atoms with Crippen molar-refractivity contribution < 1.29 is 19.7 Å². The van der Waals surface area contributed by atoms with Gasteiger partial charge in [-0.25, -0.2) is 0 Å². The molecule has 2 unspecified atom stereocenters. The van der Waals surface area contributed by atoms with Crippen molar-refractivity contribution in [1.82, 2.24) is 0 Å². The molecule has 0 saturated heterocycles. The molecule has 0 amide bonds. The molecule has 5 atom stereocenters. The first-order valence-electron chi connectivity index (χ1n) is 8.79. The molecule has 0 aromatic rings. The van der Waals surface area contributed by atoms with Crippen LogP contribution >= 0.6 is 0 Å². The van der Waals surface area contributed by atoms with Crippen LogP contribution in [0.2, 0.25) is 0 Å². The Morgan fingerprint density at radius 3 is 2.45 bits per heavy atom. The lowest BCUT2D eigenvalue weighted by molar-refractivity contribution is -0.173. The van der Waals surface area contributed by atoms with Crippen molar-refractivity contribution in [2.75, 3.05) is 6.61 Å². The summed E-state index contributed by atoms with van der Waals surface area (Å²) < 4.78 is 5.19. The Morgan fingerprint density at radius 2 is 1.86 bits per heavy atom. The molecule has 0 bridgehead atoms. The predicted octanol–water partition coefficient (Wildman–Crippen LogP) is 3.05. The second kappa shape index (κ2) is 6.12. The first-order valence-corrected chi connectivity index (χ1v) is 8.79. The maximum absolute atomic E-state index is 12.3. The number of ether oxygens (including phenoxy) is 1. The quantitative estimate of drug-likeness (QED) is 0.783. The number of carbonyl (C=O) groups excluding carboxylic acids is 1. The minimum Gasteiger partial charge on any atom is -0.465 e. The molecule has 22 heavy (non-hydrogen) atoms. The highest BCUT2D eigenvalue weighted by Crippen LogP contribution is 2.54. The Balaban J connectivity index is 2.15. The van der Waals surface area contributed by atoms with Gasteiger partial charge in [-0.1, -0.05) is 19.8 Å². The molecule has 128 valence electrons. The second-order valence-corrected chi connectivity index (χ2v) is 7.89. The van der Waals surface area contributed by atoms with E-state index in [4.69, 9.17) is 4.74 Å². The Morgan fingerprint density at radius 1 is 1.18 bits per heavy atom. The van der Waals surface area contributed by atoms with Gasteiger partial charge in [0.25, 0.3) is 0 Å². The molecule has 2 N–H and O–H groups in total. The SMILES string of the molecule is CCOC(=O)[C@@]1(C)CC[C@H](CC2(O)CCCCC2C)[C@@]1(C)O. The summed E-state index contributed by atoms with van der Waals surface area (Å²) >= 11 is 0. The van der Waals surface area contributed by atoms with Crippen LogP contribution in [0.25, 0.3) is 0 Å². The van der Waals surface area contributed by atoms with E-state index in [1.165, 1.54) is 6.42 Å². The molecule has 4 heteroatoms. The lowest BCUT2D eigenvalue weighted by Gasteiger charge is -2.44. The van der Waals surface area contributed by atoms with Gasteiger partial charge in [-0.3, -0.25) is 4.79 Å². The van der Waals surface area contributed by atoms with Crippen molar-refractivity contribution in [3.8, 4) is 0 Å². The van der Waals surface area contributed by atoms with E-state index in [-0.39, 0.29) is 17.8 Å². The van der Waals surface area contributed by atoms with E-state index in [0.29, 0.717) is 19.4 Å². The number of hydrogen-bond acceptors (Lipinski definition) is 4. The summed E-state index contributed by atoms with van der Waals surface area (Å²) in [4.78, 5) is 12.3. The van der Waals surface area contributed by atoms with Gasteiger partial charge >= 0.3 is 5.97 Å². The number of aliphatic hydroxyl groups is 2. The molecule has 2 aliphatic rings. The lowest BCUT2D eigenvalue weighted by Crippen LogP contribution is -2.52. The van der Waals surface area contributed by atoms with Crippen LogP contribution in [0.4, 0.5) is 0 Å². The highest BCUT2D eigenvalue weighted by molar-refractivity contribution is 5.78. The molecular weight excluding hydrogens is 280 g/mol. The lowest BCUT2D eigenvalue weighted by atomic mass is 9.67. The number of esters is 1. The van der Waals surface area contributed by atoms with Gasteiger partial charge in [0.1, 0.15) is 0 Å². The molecular formula is C18H32O4. The van der Waals surface area contributed by atoms with Crippen LogP contribution in [-0.4, -0.2) is 34.0 Å². The zero-order valence-corrected chi connectivity index (χ0v) is 14.5. The third-order valence-electron chi connectivity index (χ3n) is 6.64. The average Bonchev–Trinajstić information content (AvgIpc) is 2.67. The summed E-state index contributed by atoms with van der Waals surface area (Å²) in [6.45, 7) is 7.77. The molecule has 2 aliphatic carbocycles. The van der Waals surface area contributed by atoms with Crippen LogP contribution in [0.15, 0.2) is 0 Å². The van der Waals surface area contributed by atoms with Crippen LogP contribution in [0.1, 0.15) is 72.6 Å². The highest BCUT2D eigenvalue weighted by Gasteiger charge is 2.60. The normalized spacial score (nSPS) is 45.7. The zero-order valence-electron chi connectivity index (χ0n) is 14.5. The standard InChI is InChI=1S/C18H32O4/c1-5-22-15(19)16(3)11-9-14(17(16,4)20)12-18(21)10-7-6-8-13(18)2/h13-14,20-21H,5-12H2,1-4H3/t13?,14-,16-,17-,18?/m1/s1. The topological polar surface area (TPSA) is 66.8 Å². The summed E-state index contributed by atoms with van der Waals surface area (Å²) in [5.41, 5.74) is -2.71. The summed E-state index contributed by atoms with van der Waals surface area (Å²) in [6.07, 6.45) is 6.02. The Kier molecular flexibility index (Phi) is 4.94. The van der Waals surface area contributed by atoms with Gasteiger partial charge in [-0.05, 0) is 64.7 Å². The smallest absolute Gasteiger partial charge is 0.314 e. The Labute approximate surface area is 134 Å². The van der Waals surface area contributed by atoms with Crippen molar-refractivity contribution in [3.63, 3.8) is 0 Å². The van der Waals surface area contributed by atoms with Crippen molar-refractivity contribution >= 4 is 5.97 Å². The van der Waals surface area contributed by atoms with Crippen LogP contribution in [-0.2, 0) is 9.53 Å². The van der Waals surface area contributed by atoms with Gasteiger partial charge < -0.3 is 14.9 Å². The fourth-order valence-corrected chi connectivity index (χ4v) is 4.47. The second-order valence-electron chi connectivity index (χ2n) is 7.89. The maximum atomic E-state index is 12.3. The van der Waals surface area contributed by atoms with Crippen LogP contribution in [0.3, 0.4) is 0 Å². The Bertz CT molecular complexity index is 419. The predicted molar refractivity (Wildman–Crippen MR) is 85.3 cm³/mol. The van der Waals surface area contributed by atoms with Gasteiger partial charge in [-0.15, -0.1) is 0 Å². The van der Waals surface area contributed by atoms with Crippen molar-refractivity contribution in [2.24, 2.45) is 17.3 Å². The molecule has 0 aromatic carbocycles. The molecule has 2 fully saturated rings. The van der Waals surface area contributed by atoms with Gasteiger partial charge in [0, 0.05) is 0 Å². The van der Waals surface area contributed by atoms with Crippen LogP contribution in [0, 0.1) is 17.3 Å². The number of carbonyl (C=O) groups is 1. The van der Waals surface area contributed by atoms with Crippen LogP contribution < -0.4 is 0 Å².